The van der Waals surface area contributed by atoms with Crippen LogP contribution in [0.25, 0.3) is 10.9 Å². The number of H-pyrrole nitrogens is 1. The third-order valence-electron chi connectivity index (χ3n) is 4.58. The minimum Gasteiger partial charge on any atom is -0.361 e. The molecule has 0 saturated carbocycles. The highest BCUT2D eigenvalue weighted by Crippen LogP contribution is 2.23. The van der Waals surface area contributed by atoms with Crippen molar-refractivity contribution < 1.29 is 4.79 Å². The van der Waals surface area contributed by atoms with E-state index in [1.54, 1.807) is 0 Å². The molecule has 4 nitrogen and oxygen atoms in total. The van der Waals surface area contributed by atoms with Crippen molar-refractivity contribution in [1.82, 2.24) is 9.99 Å². The molecular weight excluding hydrogens is 298 g/mol. The van der Waals surface area contributed by atoms with Gasteiger partial charge in [0.1, 0.15) is 0 Å². The number of hydrogen-bond acceptors (Lipinski definition) is 2. The summed E-state index contributed by atoms with van der Waals surface area (Å²) in [7, 11) is 0. The van der Waals surface area contributed by atoms with Gasteiger partial charge in [-0.05, 0) is 30.5 Å². The zero-order valence-electron chi connectivity index (χ0n) is 14.1. The highest BCUT2D eigenvalue weighted by Gasteiger charge is 2.24. The van der Waals surface area contributed by atoms with Crippen molar-refractivity contribution in [3.63, 3.8) is 0 Å². The van der Waals surface area contributed by atoms with E-state index in [0.29, 0.717) is 6.42 Å². The molecule has 0 bridgehead atoms. The maximum atomic E-state index is 12.7. The van der Waals surface area contributed by atoms with Crippen molar-refractivity contribution in [2.75, 3.05) is 0 Å². The number of hydrazine groups is 1. The Labute approximate surface area is 142 Å². The SMILES string of the molecule is CC(Cc1c[nH]c2ccccc12)C(=O)N(N)C(C)c1ccccc1. The van der Waals surface area contributed by atoms with Crippen LogP contribution in [0.4, 0.5) is 0 Å². The van der Waals surface area contributed by atoms with Crippen molar-refractivity contribution in [1.29, 1.82) is 0 Å². The van der Waals surface area contributed by atoms with Gasteiger partial charge in [0.05, 0.1) is 6.04 Å². The zero-order valence-corrected chi connectivity index (χ0v) is 14.1. The molecule has 0 spiro atoms. The molecule has 3 aromatic rings. The van der Waals surface area contributed by atoms with Crippen molar-refractivity contribution >= 4 is 16.8 Å². The first-order valence-corrected chi connectivity index (χ1v) is 8.25. The molecule has 24 heavy (non-hydrogen) atoms. The van der Waals surface area contributed by atoms with Crippen LogP contribution in [-0.4, -0.2) is 15.9 Å². The number of amides is 1. The molecule has 2 aromatic carbocycles. The first-order valence-electron chi connectivity index (χ1n) is 8.25. The largest absolute Gasteiger partial charge is 0.361 e. The number of fused-ring (bicyclic) bond motifs is 1. The van der Waals surface area contributed by atoms with E-state index in [4.69, 9.17) is 5.84 Å². The van der Waals surface area contributed by atoms with Crippen LogP contribution in [-0.2, 0) is 11.2 Å². The van der Waals surface area contributed by atoms with Gasteiger partial charge in [-0.1, -0.05) is 55.5 Å². The van der Waals surface area contributed by atoms with Gasteiger partial charge in [0, 0.05) is 23.0 Å². The van der Waals surface area contributed by atoms with Crippen LogP contribution in [0, 0.1) is 5.92 Å². The second kappa shape index (κ2) is 6.89. The Morgan fingerprint density at radius 2 is 1.75 bits per heavy atom. The van der Waals surface area contributed by atoms with Crippen LogP contribution < -0.4 is 5.84 Å². The number of nitrogens with zero attached hydrogens (tertiary/aromatic N) is 1. The number of nitrogens with one attached hydrogen (secondary N) is 1. The summed E-state index contributed by atoms with van der Waals surface area (Å²) < 4.78 is 0. The molecule has 0 radical (unpaired) electrons. The molecule has 2 atom stereocenters. The van der Waals surface area contributed by atoms with Gasteiger partial charge in [-0.2, -0.15) is 0 Å². The Morgan fingerprint density at radius 1 is 1.08 bits per heavy atom. The quantitative estimate of drug-likeness (QED) is 0.426. The Bertz CT molecular complexity index is 825. The summed E-state index contributed by atoms with van der Waals surface area (Å²) in [5.74, 6) is 5.89. The Morgan fingerprint density at radius 3 is 2.50 bits per heavy atom. The number of benzene rings is 2. The van der Waals surface area contributed by atoms with Gasteiger partial charge in [0.2, 0.25) is 5.91 Å². The number of nitrogens with two attached hydrogens (primary N) is 1. The van der Waals surface area contributed by atoms with E-state index in [0.717, 1.165) is 22.0 Å². The van der Waals surface area contributed by atoms with Crippen molar-refractivity contribution in [3.05, 3.63) is 71.9 Å². The van der Waals surface area contributed by atoms with E-state index in [1.807, 2.05) is 68.6 Å². The average molecular weight is 321 g/mol. The normalized spacial score (nSPS) is 13.6. The molecule has 0 aliphatic rings. The zero-order chi connectivity index (χ0) is 17.1. The van der Waals surface area contributed by atoms with E-state index in [-0.39, 0.29) is 17.9 Å². The highest BCUT2D eigenvalue weighted by molar-refractivity contribution is 5.84. The summed E-state index contributed by atoms with van der Waals surface area (Å²) in [6.07, 6.45) is 2.65. The molecule has 0 aliphatic heterocycles. The molecule has 1 amide bonds. The fraction of sp³-hybridized carbons (Fsp3) is 0.250. The second-order valence-electron chi connectivity index (χ2n) is 6.30. The van der Waals surface area contributed by atoms with E-state index < -0.39 is 0 Å². The van der Waals surface area contributed by atoms with Gasteiger partial charge in [-0.15, -0.1) is 0 Å². The summed E-state index contributed by atoms with van der Waals surface area (Å²) in [6.45, 7) is 3.88. The molecule has 1 heterocycles. The van der Waals surface area contributed by atoms with Gasteiger partial charge in [0.15, 0.2) is 0 Å². The predicted molar refractivity (Wildman–Crippen MR) is 97.1 cm³/mol. The van der Waals surface area contributed by atoms with Gasteiger partial charge in [0.25, 0.3) is 0 Å². The Kier molecular flexibility index (Phi) is 4.67. The number of para-hydroxylation sites is 1. The van der Waals surface area contributed by atoms with Crippen LogP contribution in [0.2, 0.25) is 0 Å². The fourth-order valence-electron chi connectivity index (χ4n) is 3.06. The molecule has 0 saturated heterocycles. The Hall–Kier alpha value is -2.59. The minimum absolute atomic E-state index is 0.0448. The molecule has 4 heteroatoms. The summed E-state index contributed by atoms with van der Waals surface area (Å²) in [5, 5.41) is 2.52. The Balaban J connectivity index is 1.72. The van der Waals surface area contributed by atoms with E-state index in [2.05, 4.69) is 11.1 Å². The van der Waals surface area contributed by atoms with Gasteiger partial charge < -0.3 is 4.98 Å². The van der Waals surface area contributed by atoms with Gasteiger partial charge >= 0.3 is 0 Å². The van der Waals surface area contributed by atoms with Crippen LogP contribution in [0.15, 0.2) is 60.8 Å². The maximum Gasteiger partial charge on any atom is 0.240 e. The third kappa shape index (κ3) is 3.19. The molecule has 3 rings (SSSR count). The monoisotopic (exact) mass is 321 g/mol. The number of carbonyl (C=O) groups excluding carboxylic acids is 1. The number of hydrogen-bond donors (Lipinski definition) is 2. The molecular formula is C20H23N3O. The topological polar surface area (TPSA) is 62.1 Å². The highest BCUT2D eigenvalue weighted by atomic mass is 16.2. The van der Waals surface area contributed by atoms with Crippen LogP contribution in [0.3, 0.4) is 0 Å². The minimum atomic E-state index is -0.180. The molecule has 124 valence electrons. The van der Waals surface area contributed by atoms with Crippen LogP contribution >= 0.6 is 0 Å². The van der Waals surface area contributed by atoms with Crippen LogP contribution in [0.1, 0.15) is 31.0 Å². The summed E-state index contributed by atoms with van der Waals surface area (Å²) in [5.41, 5.74) is 3.27. The van der Waals surface area contributed by atoms with Crippen molar-refractivity contribution in [2.24, 2.45) is 11.8 Å². The number of aromatic nitrogens is 1. The van der Waals surface area contributed by atoms with E-state index in [1.165, 1.54) is 5.01 Å². The lowest BCUT2D eigenvalue weighted by atomic mass is 9.98. The van der Waals surface area contributed by atoms with Gasteiger partial charge in [-0.25, -0.2) is 5.84 Å². The number of carbonyl (C=O) groups is 1. The summed E-state index contributed by atoms with van der Waals surface area (Å²) in [6, 6.07) is 17.8. The van der Waals surface area contributed by atoms with Crippen molar-refractivity contribution in [2.45, 2.75) is 26.3 Å². The van der Waals surface area contributed by atoms with Crippen molar-refractivity contribution in [3.8, 4) is 0 Å². The average Bonchev–Trinajstić information content (AvgIpc) is 3.03. The van der Waals surface area contributed by atoms with E-state index in [9.17, 15) is 4.79 Å². The lowest BCUT2D eigenvalue weighted by Crippen LogP contribution is -2.43. The summed E-state index contributed by atoms with van der Waals surface area (Å²) >= 11 is 0. The third-order valence-corrected chi connectivity index (χ3v) is 4.58. The lowest BCUT2D eigenvalue weighted by Gasteiger charge is -2.27. The predicted octanol–water partition coefficient (Wildman–Crippen LogP) is 3.81. The molecule has 0 fully saturated rings. The summed E-state index contributed by atoms with van der Waals surface area (Å²) in [4.78, 5) is 16.0. The first-order chi connectivity index (χ1) is 11.6. The molecule has 1 aromatic heterocycles. The number of aromatic amines is 1. The number of rotatable bonds is 5. The maximum absolute atomic E-state index is 12.7. The smallest absolute Gasteiger partial charge is 0.240 e. The lowest BCUT2D eigenvalue weighted by molar-refractivity contribution is -0.137. The first kappa shape index (κ1) is 16.3. The molecule has 2 unspecified atom stereocenters. The molecule has 3 N–H and O–H groups in total. The molecule has 0 aliphatic carbocycles. The van der Waals surface area contributed by atoms with Crippen LogP contribution in [0.5, 0.6) is 0 Å². The van der Waals surface area contributed by atoms with E-state index >= 15 is 0 Å². The standard InChI is InChI=1S/C20H23N3O/c1-14(12-17-13-22-19-11-7-6-10-18(17)19)20(24)23(21)15(2)16-8-4-3-5-9-16/h3-11,13-15,22H,12,21H2,1-2H3. The second-order valence-corrected chi connectivity index (χ2v) is 6.30. The fourth-order valence-corrected chi connectivity index (χ4v) is 3.06. The van der Waals surface area contributed by atoms with Gasteiger partial charge in [-0.3, -0.25) is 9.80 Å².